The molecule has 3 heteroatoms. The monoisotopic (exact) mass is 101 g/mol. The molecule has 0 saturated heterocycles. The van der Waals surface area contributed by atoms with E-state index in [1.165, 1.54) is 0 Å². The molecule has 0 N–H and O–H groups in total. The third kappa shape index (κ3) is 5.56. The molecule has 0 unspecified atom stereocenters. The molecule has 0 bridgehead atoms. The summed E-state index contributed by atoms with van der Waals surface area (Å²) < 4.78 is 0. The summed E-state index contributed by atoms with van der Waals surface area (Å²) in [5, 5.41) is 7.28. The van der Waals surface area contributed by atoms with Crippen LogP contribution in [0.25, 0.3) is 0 Å². The van der Waals surface area contributed by atoms with E-state index >= 15 is 0 Å². The summed E-state index contributed by atoms with van der Waals surface area (Å²) in [6, 6.07) is 0. The van der Waals surface area contributed by atoms with Crippen LogP contribution in [0, 0.1) is 0 Å². The zero-order valence-corrected chi connectivity index (χ0v) is 5.05. The average molecular weight is 101 g/mol. The van der Waals surface area contributed by atoms with Crippen molar-refractivity contribution >= 4 is 0 Å². The topological polar surface area (TPSA) is 28.0 Å². The lowest BCUT2D eigenvalue weighted by Crippen LogP contribution is -2.09. The van der Waals surface area contributed by atoms with E-state index in [0.29, 0.717) is 6.67 Å². The lowest BCUT2D eigenvalue weighted by Gasteiger charge is -2.00. The Morgan fingerprint density at radius 3 is 2.14 bits per heavy atom. The van der Waals surface area contributed by atoms with E-state index in [9.17, 15) is 0 Å². The van der Waals surface area contributed by atoms with Crippen LogP contribution in [0.2, 0.25) is 0 Å². The van der Waals surface area contributed by atoms with E-state index in [1.807, 2.05) is 19.0 Å². The summed E-state index contributed by atoms with van der Waals surface area (Å²) in [4.78, 5) is 1.95. The van der Waals surface area contributed by atoms with Crippen LogP contribution >= 0.6 is 0 Å². The van der Waals surface area contributed by atoms with Crippen molar-refractivity contribution in [1.82, 2.24) is 4.90 Å². The van der Waals surface area contributed by atoms with Gasteiger partial charge in [0.25, 0.3) is 0 Å². The second-order valence-electron chi connectivity index (χ2n) is 1.56. The molecule has 0 aromatic heterocycles. The molecule has 7 heavy (non-hydrogen) atoms. The van der Waals surface area contributed by atoms with Gasteiger partial charge >= 0.3 is 0 Å². The highest BCUT2D eigenvalue weighted by Gasteiger charge is 1.78. The minimum absolute atomic E-state index is 0.691. The van der Waals surface area contributed by atoms with Crippen LogP contribution in [0.3, 0.4) is 0 Å². The highest BCUT2D eigenvalue weighted by molar-refractivity contribution is 4.30. The lowest BCUT2D eigenvalue weighted by atomic mass is 10.9. The Balaban J connectivity index is 2.97. The molecule has 0 saturated carbocycles. The molecular formula is C4H11N3. The second kappa shape index (κ2) is 3.74. The Bertz CT molecular complexity index is 58.0. The van der Waals surface area contributed by atoms with Crippen molar-refractivity contribution in [2.45, 2.75) is 0 Å². The first-order valence-electron chi connectivity index (χ1n) is 2.17. The van der Waals surface area contributed by atoms with E-state index in [-0.39, 0.29) is 0 Å². The van der Waals surface area contributed by atoms with Gasteiger partial charge in [0.05, 0.1) is 0 Å². The normalized spacial score (nSPS) is 11.4. The molecule has 0 heterocycles. The van der Waals surface area contributed by atoms with Crippen molar-refractivity contribution < 1.29 is 0 Å². The second-order valence-corrected chi connectivity index (χ2v) is 1.56. The number of hydrogen-bond acceptors (Lipinski definition) is 3. The third-order valence-electron chi connectivity index (χ3n) is 0.488. The first-order valence-corrected chi connectivity index (χ1v) is 2.17. The van der Waals surface area contributed by atoms with E-state index in [0.717, 1.165) is 0 Å². The summed E-state index contributed by atoms with van der Waals surface area (Å²) in [7, 11) is 5.58. The van der Waals surface area contributed by atoms with Crippen molar-refractivity contribution in [3.05, 3.63) is 0 Å². The van der Waals surface area contributed by atoms with Gasteiger partial charge in [-0.1, -0.05) is 0 Å². The van der Waals surface area contributed by atoms with Gasteiger partial charge in [-0.15, -0.1) is 0 Å². The lowest BCUT2D eigenvalue weighted by molar-refractivity contribution is 0.414. The number of rotatable bonds is 2. The van der Waals surface area contributed by atoms with Gasteiger partial charge in [0, 0.05) is 7.05 Å². The SMILES string of the molecule is C/N=N\CN(C)C. The Hall–Kier alpha value is -0.440. The quantitative estimate of drug-likeness (QED) is 0.468. The Morgan fingerprint density at radius 2 is 2.00 bits per heavy atom. The zero-order chi connectivity index (χ0) is 5.70. The van der Waals surface area contributed by atoms with Gasteiger partial charge in [0.15, 0.2) is 0 Å². The van der Waals surface area contributed by atoms with Gasteiger partial charge in [0.1, 0.15) is 6.67 Å². The number of hydrogen-bond donors (Lipinski definition) is 0. The van der Waals surface area contributed by atoms with Crippen molar-refractivity contribution in [1.29, 1.82) is 0 Å². The van der Waals surface area contributed by atoms with E-state index in [4.69, 9.17) is 0 Å². The number of nitrogens with zero attached hydrogens (tertiary/aromatic N) is 3. The maximum absolute atomic E-state index is 3.72. The highest BCUT2D eigenvalue weighted by Crippen LogP contribution is 1.73. The van der Waals surface area contributed by atoms with Gasteiger partial charge < -0.3 is 0 Å². The summed E-state index contributed by atoms with van der Waals surface area (Å²) in [5.41, 5.74) is 0. The Morgan fingerprint density at radius 1 is 1.43 bits per heavy atom. The third-order valence-corrected chi connectivity index (χ3v) is 0.488. The van der Waals surface area contributed by atoms with Gasteiger partial charge in [-0.2, -0.15) is 10.2 Å². The summed E-state index contributed by atoms with van der Waals surface area (Å²) in [6.45, 7) is 0.691. The summed E-state index contributed by atoms with van der Waals surface area (Å²) in [6.07, 6.45) is 0. The minimum atomic E-state index is 0.691. The standard InChI is InChI=1S/C4H11N3/c1-5-6-4-7(2)3/h4H2,1-3H3/b6-5-. The first kappa shape index (κ1) is 6.56. The van der Waals surface area contributed by atoms with Crippen LogP contribution in [-0.4, -0.2) is 32.7 Å². The van der Waals surface area contributed by atoms with Crippen molar-refractivity contribution in [3.63, 3.8) is 0 Å². The molecule has 0 rings (SSSR count). The van der Waals surface area contributed by atoms with Gasteiger partial charge in [0.2, 0.25) is 0 Å². The van der Waals surface area contributed by atoms with Crippen LogP contribution in [-0.2, 0) is 0 Å². The number of azo groups is 1. The maximum Gasteiger partial charge on any atom is 0.112 e. The molecule has 0 amide bonds. The first-order chi connectivity index (χ1) is 3.27. The van der Waals surface area contributed by atoms with Crippen LogP contribution in [0.1, 0.15) is 0 Å². The molecule has 0 atom stereocenters. The Kier molecular flexibility index (Phi) is 3.50. The van der Waals surface area contributed by atoms with Gasteiger partial charge in [-0.05, 0) is 14.1 Å². The molecule has 0 aromatic carbocycles. The molecule has 42 valence electrons. The fraction of sp³-hybridized carbons (Fsp3) is 1.00. The largest absolute Gasteiger partial charge is 0.289 e. The predicted molar refractivity (Wildman–Crippen MR) is 29.3 cm³/mol. The molecule has 0 spiro atoms. The van der Waals surface area contributed by atoms with Crippen LogP contribution in [0.5, 0.6) is 0 Å². The highest BCUT2D eigenvalue weighted by atomic mass is 15.2. The maximum atomic E-state index is 3.72. The Labute approximate surface area is 44.0 Å². The average Bonchev–Trinajstić information content (AvgIpc) is 1.61. The fourth-order valence-corrected chi connectivity index (χ4v) is 0.190. The van der Waals surface area contributed by atoms with E-state index < -0.39 is 0 Å². The zero-order valence-electron chi connectivity index (χ0n) is 5.05. The van der Waals surface area contributed by atoms with Crippen LogP contribution < -0.4 is 0 Å². The van der Waals surface area contributed by atoms with Crippen molar-refractivity contribution in [2.75, 3.05) is 27.8 Å². The van der Waals surface area contributed by atoms with Crippen molar-refractivity contribution in [3.8, 4) is 0 Å². The smallest absolute Gasteiger partial charge is 0.112 e. The summed E-state index contributed by atoms with van der Waals surface area (Å²) >= 11 is 0. The fourth-order valence-electron chi connectivity index (χ4n) is 0.190. The molecule has 0 aliphatic rings. The molecular weight excluding hydrogens is 90.1 g/mol. The molecule has 0 aromatic rings. The summed E-state index contributed by atoms with van der Waals surface area (Å²) in [5.74, 6) is 0. The van der Waals surface area contributed by atoms with Crippen LogP contribution in [0.4, 0.5) is 0 Å². The van der Waals surface area contributed by atoms with Crippen molar-refractivity contribution in [2.24, 2.45) is 10.2 Å². The molecule has 0 radical (unpaired) electrons. The van der Waals surface area contributed by atoms with E-state index in [1.54, 1.807) is 7.05 Å². The molecule has 0 aliphatic heterocycles. The van der Waals surface area contributed by atoms with Gasteiger partial charge in [-0.3, -0.25) is 4.90 Å². The van der Waals surface area contributed by atoms with Gasteiger partial charge in [-0.25, -0.2) is 0 Å². The van der Waals surface area contributed by atoms with Crippen LogP contribution in [0.15, 0.2) is 10.2 Å². The predicted octanol–water partition coefficient (Wildman–Crippen LogP) is 0.588. The minimum Gasteiger partial charge on any atom is -0.289 e. The molecule has 0 fully saturated rings. The van der Waals surface area contributed by atoms with E-state index in [2.05, 4.69) is 10.2 Å². The molecule has 0 aliphatic carbocycles. The molecule has 3 nitrogen and oxygen atoms in total.